The van der Waals surface area contributed by atoms with E-state index in [1.807, 2.05) is 11.8 Å². The predicted molar refractivity (Wildman–Crippen MR) is 135 cm³/mol. The highest BCUT2D eigenvalue weighted by molar-refractivity contribution is 6.42. The first-order valence-electron chi connectivity index (χ1n) is 12.1. The highest BCUT2D eigenvalue weighted by atomic mass is 35.5. The number of aliphatic hydroxyl groups excluding tert-OH is 1. The molecular formula is C25H36Cl2N4O2. The third kappa shape index (κ3) is 5.29. The standard InChI is InChI=1S/C25H36Cl2N4O2/c1-4-20(7-11-29-12-10-25(8-9-25)23(32)16-29)30-13-14-31(18(3)17(30)2)24(33)28-19-5-6-21(26)22(27)15-19/h5-6,15,18,20,23,32H,2,4,7-14,16H2,1,3H3,(H,28,33)/t18-,20+,23+/m0/s1. The summed E-state index contributed by atoms with van der Waals surface area (Å²) in [6.45, 7) is 12.9. The van der Waals surface area contributed by atoms with Gasteiger partial charge >= 0.3 is 6.03 Å². The van der Waals surface area contributed by atoms with E-state index in [2.05, 4.69) is 28.6 Å². The lowest BCUT2D eigenvalue weighted by Crippen LogP contribution is -2.56. The van der Waals surface area contributed by atoms with Gasteiger partial charge in [0.2, 0.25) is 0 Å². The number of rotatable bonds is 6. The van der Waals surface area contributed by atoms with Gasteiger partial charge in [-0.05, 0) is 69.2 Å². The van der Waals surface area contributed by atoms with E-state index >= 15 is 0 Å². The minimum Gasteiger partial charge on any atom is -0.391 e. The number of carbonyl (C=O) groups excluding carboxylic acids is 1. The second kappa shape index (κ2) is 10.0. The number of carbonyl (C=O) groups is 1. The molecule has 3 atom stereocenters. The Labute approximate surface area is 207 Å². The highest BCUT2D eigenvalue weighted by Crippen LogP contribution is 2.53. The molecule has 2 amide bonds. The zero-order valence-electron chi connectivity index (χ0n) is 19.7. The second-order valence-electron chi connectivity index (χ2n) is 9.89. The molecule has 0 unspecified atom stereocenters. The van der Waals surface area contributed by atoms with Crippen molar-refractivity contribution in [2.75, 3.05) is 38.0 Å². The fourth-order valence-electron chi connectivity index (χ4n) is 5.37. The Kier molecular flexibility index (Phi) is 7.49. The minimum atomic E-state index is -0.168. The maximum absolute atomic E-state index is 12.9. The molecule has 6 nitrogen and oxygen atoms in total. The van der Waals surface area contributed by atoms with Gasteiger partial charge in [0.1, 0.15) is 0 Å². The molecular weight excluding hydrogens is 459 g/mol. The minimum absolute atomic E-state index is 0.0953. The van der Waals surface area contributed by atoms with Crippen molar-refractivity contribution in [3.05, 3.63) is 40.5 Å². The van der Waals surface area contributed by atoms with Gasteiger partial charge in [0, 0.05) is 43.6 Å². The number of halogens is 2. The number of piperazine rings is 1. The molecule has 1 aromatic rings. The number of piperidine rings is 1. The zero-order chi connectivity index (χ0) is 23.8. The number of anilines is 1. The molecule has 33 heavy (non-hydrogen) atoms. The zero-order valence-corrected chi connectivity index (χ0v) is 21.2. The fraction of sp³-hybridized carbons (Fsp3) is 0.640. The Bertz CT molecular complexity index is 891. The largest absolute Gasteiger partial charge is 0.391 e. The first-order valence-corrected chi connectivity index (χ1v) is 12.9. The van der Waals surface area contributed by atoms with Crippen LogP contribution in [0.2, 0.25) is 10.0 Å². The second-order valence-corrected chi connectivity index (χ2v) is 10.7. The number of amides is 2. The fourth-order valence-corrected chi connectivity index (χ4v) is 5.67. The number of β-amino-alcohol motifs (C(OH)–C–C–N with tert-alkyl or cyclic N) is 1. The number of hydrogen-bond donors (Lipinski definition) is 2. The highest BCUT2D eigenvalue weighted by Gasteiger charge is 2.51. The Hall–Kier alpha value is -1.47. The van der Waals surface area contributed by atoms with Gasteiger partial charge in [-0.3, -0.25) is 0 Å². The third-order valence-electron chi connectivity index (χ3n) is 7.98. The van der Waals surface area contributed by atoms with Crippen LogP contribution in [0.25, 0.3) is 0 Å². The topological polar surface area (TPSA) is 59.1 Å². The summed E-state index contributed by atoms with van der Waals surface area (Å²) in [5.41, 5.74) is 1.85. The van der Waals surface area contributed by atoms with Crippen molar-refractivity contribution < 1.29 is 9.90 Å². The maximum atomic E-state index is 12.9. The molecule has 1 spiro atoms. The van der Waals surface area contributed by atoms with Crippen LogP contribution < -0.4 is 5.32 Å². The van der Waals surface area contributed by atoms with Crippen molar-refractivity contribution >= 4 is 34.9 Å². The normalized spacial score (nSPS) is 25.9. The van der Waals surface area contributed by atoms with E-state index in [1.54, 1.807) is 18.2 Å². The number of aliphatic hydroxyl groups is 1. The first-order chi connectivity index (χ1) is 15.7. The van der Waals surface area contributed by atoms with Crippen LogP contribution in [0, 0.1) is 5.41 Å². The molecule has 0 radical (unpaired) electrons. The van der Waals surface area contributed by atoms with Gasteiger partial charge < -0.3 is 25.1 Å². The van der Waals surface area contributed by atoms with E-state index in [0.717, 1.165) is 51.1 Å². The van der Waals surface area contributed by atoms with Gasteiger partial charge in [-0.25, -0.2) is 4.79 Å². The van der Waals surface area contributed by atoms with Crippen molar-refractivity contribution in [1.29, 1.82) is 0 Å². The van der Waals surface area contributed by atoms with E-state index in [1.165, 1.54) is 12.8 Å². The van der Waals surface area contributed by atoms with Crippen LogP contribution in [0.5, 0.6) is 0 Å². The van der Waals surface area contributed by atoms with Crippen LogP contribution in [0.3, 0.4) is 0 Å². The number of likely N-dealkylation sites (tertiary alicyclic amines) is 1. The average Bonchev–Trinajstić information content (AvgIpc) is 3.57. The van der Waals surface area contributed by atoms with E-state index in [9.17, 15) is 9.90 Å². The Morgan fingerprint density at radius 3 is 2.64 bits per heavy atom. The molecule has 2 aliphatic heterocycles. The molecule has 2 N–H and O–H groups in total. The maximum Gasteiger partial charge on any atom is 0.322 e. The van der Waals surface area contributed by atoms with E-state index in [-0.39, 0.29) is 23.6 Å². The van der Waals surface area contributed by atoms with Gasteiger partial charge in [-0.15, -0.1) is 0 Å². The Morgan fingerprint density at radius 1 is 1.24 bits per heavy atom. The van der Waals surface area contributed by atoms with E-state index in [4.69, 9.17) is 23.2 Å². The van der Waals surface area contributed by atoms with Crippen LogP contribution >= 0.6 is 23.2 Å². The summed E-state index contributed by atoms with van der Waals surface area (Å²) in [6, 6.07) is 5.21. The molecule has 1 aromatic carbocycles. The summed E-state index contributed by atoms with van der Waals surface area (Å²) < 4.78 is 0. The number of nitrogens with zero attached hydrogens (tertiary/aromatic N) is 3. The van der Waals surface area contributed by atoms with E-state index < -0.39 is 0 Å². The van der Waals surface area contributed by atoms with E-state index in [0.29, 0.717) is 28.3 Å². The van der Waals surface area contributed by atoms with Crippen LogP contribution in [-0.4, -0.2) is 76.7 Å². The van der Waals surface area contributed by atoms with Gasteiger partial charge in [0.15, 0.2) is 0 Å². The van der Waals surface area contributed by atoms with Crippen molar-refractivity contribution in [2.45, 2.75) is 64.1 Å². The molecule has 182 valence electrons. The molecule has 0 bridgehead atoms. The van der Waals surface area contributed by atoms with Crippen molar-refractivity contribution in [1.82, 2.24) is 14.7 Å². The summed E-state index contributed by atoms with van der Waals surface area (Å²) in [5.74, 6) is 0. The van der Waals surface area contributed by atoms with Crippen LogP contribution in [0.1, 0.15) is 46.0 Å². The lowest BCUT2D eigenvalue weighted by Gasteiger charge is -2.46. The van der Waals surface area contributed by atoms with Gasteiger partial charge in [-0.2, -0.15) is 0 Å². The van der Waals surface area contributed by atoms with Crippen molar-refractivity contribution in [2.24, 2.45) is 5.41 Å². The first kappa shape index (κ1) is 24.6. The molecule has 4 rings (SSSR count). The predicted octanol–water partition coefficient (Wildman–Crippen LogP) is 5.06. The van der Waals surface area contributed by atoms with Gasteiger partial charge in [0.05, 0.1) is 22.2 Å². The third-order valence-corrected chi connectivity index (χ3v) is 8.72. The summed E-state index contributed by atoms with van der Waals surface area (Å²) in [4.78, 5) is 19.6. The molecule has 8 heteroatoms. The van der Waals surface area contributed by atoms with Crippen LogP contribution in [0.15, 0.2) is 30.5 Å². The molecule has 2 heterocycles. The van der Waals surface area contributed by atoms with Gasteiger partial charge in [0.25, 0.3) is 0 Å². The Balaban J connectivity index is 1.30. The summed E-state index contributed by atoms with van der Waals surface area (Å²) >= 11 is 12.1. The number of urea groups is 1. The number of benzene rings is 1. The molecule has 3 aliphatic rings. The lowest BCUT2D eigenvalue weighted by atomic mass is 9.90. The summed E-state index contributed by atoms with van der Waals surface area (Å²) in [6.07, 6.45) is 5.42. The Morgan fingerprint density at radius 2 is 2.00 bits per heavy atom. The molecule has 1 saturated carbocycles. The molecule has 0 aromatic heterocycles. The summed E-state index contributed by atoms with van der Waals surface area (Å²) in [5, 5.41) is 14.3. The monoisotopic (exact) mass is 494 g/mol. The van der Waals surface area contributed by atoms with Crippen LogP contribution in [0.4, 0.5) is 10.5 Å². The summed E-state index contributed by atoms with van der Waals surface area (Å²) in [7, 11) is 0. The lowest BCUT2D eigenvalue weighted by molar-refractivity contribution is 0.00499. The van der Waals surface area contributed by atoms with Gasteiger partial charge in [-0.1, -0.05) is 36.7 Å². The number of nitrogens with one attached hydrogen (secondary N) is 1. The average molecular weight is 495 g/mol. The SMILES string of the molecule is C=C1[C@H](C)N(C(=O)Nc2ccc(Cl)c(Cl)c2)CCN1[C@H](CC)CCN1CCC2(CC2)[C@H](O)C1. The molecule has 3 fully saturated rings. The van der Waals surface area contributed by atoms with Crippen LogP contribution in [-0.2, 0) is 0 Å². The smallest absolute Gasteiger partial charge is 0.322 e. The molecule has 2 saturated heterocycles. The van der Waals surface area contributed by atoms with Crippen molar-refractivity contribution in [3.8, 4) is 0 Å². The number of hydrogen-bond acceptors (Lipinski definition) is 4. The van der Waals surface area contributed by atoms with Crippen molar-refractivity contribution in [3.63, 3.8) is 0 Å². The quantitative estimate of drug-likeness (QED) is 0.579. The molecule has 1 aliphatic carbocycles.